The molecule has 0 aliphatic heterocycles. The molecule has 0 unspecified atom stereocenters. The van der Waals surface area contributed by atoms with Gasteiger partial charge in [0.2, 0.25) is 0 Å². The van der Waals surface area contributed by atoms with Crippen molar-refractivity contribution in [3.63, 3.8) is 0 Å². The van der Waals surface area contributed by atoms with Crippen molar-refractivity contribution >= 4 is 5.78 Å². The highest BCUT2D eigenvalue weighted by molar-refractivity contribution is 5.78. The molecule has 120 valence electrons. The number of hydrogen-bond donors (Lipinski definition) is 0. The van der Waals surface area contributed by atoms with Crippen LogP contribution in [-0.4, -0.2) is 15.8 Å². The first kappa shape index (κ1) is 16.1. The minimum atomic E-state index is 0.0988. The third-order valence-corrected chi connectivity index (χ3v) is 3.91. The summed E-state index contributed by atoms with van der Waals surface area (Å²) in [7, 11) is 0. The van der Waals surface area contributed by atoms with E-state index < -0.39 is 0 Å². The highest BCUT2D eigenvalue weighted by atomic mass is 16.1. The van der Waals surface area contributed by atoms with Crippen molar-refractivity contribution in [2.75, 3.05) is 0 Å². The van der Waals surface area contributed by atoms with Gasteiger partial charge < -0.3 is 0 Å². The predicted octanol–water partition coefficient (Wildman–Crippen LogP) is 4.17. The van der Waals surface area contributed by atoms with Gasteiger partial charge in [0.15, 0.2) is 0 Å². The second-order valence-electron chi connectivity index (χ2n) is 6.06. The molecule has 2 aromatic carbocycles. The van der Waals surface area contributed by atoms with Crippen LogP contribution >= 0.6 is 0 Å². The number of carbonyl (C=O) groups excluding carboxylic acids is 1. The number of aromatic nitrogens is 2. The number of hydrogen-bond acceptors (Lipinski definition) is 3. The molecule has 24 heavy (non-hydrogen) atoms. The third kappa shape index (κ3) is 3.93. The second-order valence-corrected chi connectivity index (χ2v) is 6.06. The van der Waals surface area contributed by atoms with Crippen LogP contribution in [0.3, 0.4) is 0 Å². The van der Waals surface area contributed by atoms with Gasteiger partial charge in [-0.2, -0.15) is 0 Å². The van der Waals surface area contributed by atoms with Crippen LogP contribution in [0, 0.1) is 6.92 Å². The van der Waals surface area contributed by atoms with E-state index in [1.54, 1.807) is 13.1 Å². The van der Waals surface area contributed by atoms with E-state index in [2.05, 4.69) is 48.3 Å². The van der Waals surface area contributed by atoms with E-state index in [1.807, 2.05) is 18.2 Å². The number of rotatable bonds is 5. The van der Waals surface area contributed by atoms with Gasteiger partial charge in [-0.15, -0.1) is 0 Å². The van der Waals surface area contributed by atoms with Crippen molar-refractivity contribution in [1.29, 1.82) is 0 Å². The van der Waals surface area contributed by atoms with Crippen molar-refractivity contribution in [2.45, 2.75) is 26.7 Å². The Kier molecular flexibility index (Phi) is 4.80. The fourth-order valence-corrected chi connectivity index (χ4v) is 2.63. The maximum Gasteiger partial charge on any atom is 0.135 e. The van der Waals surface area contributed by atoms with Gasteiger partial charge >= 0.3 is 0 Å². The van der Waals surface area contributed by atoms with Crippen LogP contribution < -0.4 is 0 Å². The molecule has 0 saturated carbocycles. The molecule has 0 aliphatic carbocycles. The second kappa shape index (κ2) is 7.18. The normalized spacial score (nSPS) is 10.6. The van der Waals surface area contributed by atoms with E-state index in [-0.39, 0.29) is 5.78 Å². The molecule has 3 aromatic rings. The van der Waals surface area contributed by atoms with Crippen molar-refractivity contribution in [3.05, 3.63) is 83.3 Å². The standard InChI is InChI=1S/C21H20N2O/c1-15-8-10-18(11-9-15)21-14-22-19(12-16(2)24)20(23-21)13-17-6-4-3-5-7-17/h3-11,14H,12-13H2,1-2H3. The summed E-state index contributed by atoms with van der Waals surface area (Å²) in [5, 5.41) is 0. The lowest BCUT2D eigenvalue weighted by Crippen LogP contribution is -2.08. The van der Waals surface area contributed by atoms with Gasteiger partial charge in [-0.1, -0.05) is 60.2 Å². The fraction of sp³-hybridized carbons (Fsp3) is 0.190. The number of Topliss-reactive ketones (excluding diaryl/α,β-unsaturated/α-hetero) is 1. The molecular weight excluding hydrogens is 296 g/mol. The van der Waals surface area contributed by atoms with E-state index in [4.69, 9.17) is 4.98 Å². The lowest BCUT2D eigenvalue weighted by molar-refractivity contribution is -0.116. The Morgan fingerprint density at radius 2 is 1.67 bits per heavy atom. The molecule has 1 heterocycles. The zero-order chi connectivity index (χ0) is 16.9. The van der Waals surface area contributed by atoms with E-state index in [9.17, 15) is 4.79 Å². The Bertz CT molecular complexity index is 839. The summed E-state index contributed by atoms with van der Waals surface area (Å²) < 4.78 is 0. The topological polar surface area (TPSA) is 42.9 Å². The summed E-state index contributed by atoms with van der Waals surface area (Å²) >= 11 is 0. The number of benzene rings is 2. The fourth-order valence-electron chi connectivity index (χ4n) is 2.63. The predicted molar refractivity (Wildman–Crippen MR) is 95.8 cm³/mol. The number of nitrogens with zero attached hydrogens (tertiary/aromatic N) is 2. The SMILES string of the molecule is CC(=O)Cc1ncc(-c2ccc(C)cc2)nc1Cc1ccccc1. The maximum atomic E-state index is 11.5. The monoisotopic (exact) mass is 316 g/mol. The van der Waals surface area contributed by atoms with E-state index in [0.717, 1.165) is 28.2 Å². The molecule has 0 atom stereocenters. The maximum absolute atomic E-state index is 11.5. The van der Waals surface area contributed by atoms with E-state index in [0.29, 0.717) is 12.8 Å². The first-order chi connectivity index (χ1) is 11.6. The average molecular weight is 316 g/mol. The Balaban J connectivity index is 1.99. The first-order valence-electron chi connectivity index (χ1n) is 8.07. The van der Waals surface area contributed by atoms with Crippen LogP contribution in [0.4, 0.5) is 0 Å². The summed E-state index contributed by atoms with van der Waals surface area (Å²) in [6.45, 7) is 3.65. The van der Waals surface area contributed by atoms with Crippen molar-refractivity contribution in [2.24, 2.45) is 0 Å². The van der Waals surface area contributed by atoms with Crippen molar-refractivity contribution < 1.29 is 4.79 Å². The lowest BCUT2D eigenvalue weighted by Gasteiger charge is -2.10. The molecule has 0 fully saturated rings. The molecule has 0 saturated heterocycles. The largest absolute Gasteiger partial charge is 0.300 e. The molecular formula is C21H20N2O. The first-order valence-corrected chi connectivity index (χ1v) is 8.07. The summed E-state index contributed by atoms with van der Waals surface area (Å²) in [4.78, 5) is 20.9. The third-order valence-electron chi connectivity index (χ3n) is 3.91. The van der Waals surface area contributed by atoms with Gasteiger partial charge in [0.25, 0.3) is 0 Å². The molecule has 0 aliphatic rings. The summed E-state index contributed by atoms with van der Waals surface area (Å²) in [5.41, 5.74) is 5.89. The quantitative estimate of drug-likeness (QED) is 0.709. The van der Waals surface area contributed by atoms with Crippen LogP contribution in [0.25, 0.3) is 11.3 Å². The Morgan fingerprint density at radius 3 is 2.33 bits per heavy atom. The van der Waals surface area contributed by atoms with Crippen LogP contribution in [-0.2, 0) is 17.6 Å². The Hall–Kier alpha value is -2.81. The highest BCUT2D eigenvalue weighted by Gasteiger charge is 2.11. The van der Waals surface area contributed by atoms with E-state index >= 15 is 0 Å². The van der Waals surface area contributed by atoms with Crippen LogP contribution in [0.15, 0.2) is 60.8 Å². The summed E-state index contributed by atoms with van der Waals surface area (Å²) in [6, 6.07) is 18.4. The minimum absolute atomic E-state index is 0.0988. The van der Waals surface area contributed by atoms with Gasteiger partial charge in [0.05, 0.1) is 29.7 Å². The zero-order valence-electron chi connectivity index (χ0n) is 14.0. The van der Waals surface area contributed by atoms with E-state index in [1.165, 1.54) is 5.56 Å². The number of aryl methyl sites for hydroxylation is 1. The minimum Gasteiger partial charge on any atom is -0.300 e. The van der Waals surface area contributed by atoms with Crippen molar-refractivity contribution in [1.82, 2.24) is 9.97 Å². The summed E-state index contributed by atoms with van der Waals surface area (Å²) in [5.74, 6) is 0.0988. The van der Waals surface area contributed by atoms with Gasteiger partial charge in [0, 0.05) is 12.0 Å². The molecule has 0 amide bonds. The number of carbonyl (C=O) groups is 1. The van der Waals surface area contributed by atoms with Gasteiger partial charge in [-0.05, 0) is 19.4 Å². The zero-order valence-corrected chi connectivity index (χ0v) is 14.0. The molecule has 3 rings (SSSR count). The molecule has 0 N–H and O–H groups in total. The van der Waals surface area contributed by atoms with Gasteiger partial charge in [-0.3, -0.25) is 9.78 Å². The Labute approximate surface area is 142 Å². The molecule has 3 nitrogen and oxygen atoms in total. The Morgan fingerprint density at radius 1 is 0.958 bits per heavy atom. The molecule has 0 bridgehead atoms. The van der Waals surface area contributed by atoms with Gasteiger partial charge in [0.1, 0.15) is 5.78 Å². The summed E-state index contributed by atoms with van der Waals surface area (Å²) in [6.07, 6.45) is 2.76. The molecule has 0 spiro atoms. The van der Waals surface area contributed by atoms with Gasteiger partial charge in [-0.25, -0.2) is 4.98 Å². The van der Waals surface area contributed by atoms with Crippen LogP contribution in [0.5, 0.6) is 0 Å². The van der Waals surface area contributed by atoms with Crippen molar-refractivity contribution in [3.8, 4) is 11.3 Å². The highest BCUT2D eigenvalue weighted by Crippen LogP contribution is 2.20. The van der Waals surface area contributed by atoms with Crippen LogP contribution in [0.1, 0.15) is 29.4 Å². The average Bonchev–Trinajstić information content (AvgIpc) is 2.58. The van der Waals surface area contributed by atoms with Crippen LogP contribution in [0.2, 0.25) is 0 Å². The molecule has 3 heteroatoms. The smallest absolute Gasteiger partial charge is 0.135 e. The number of ketones is 1. The molecule has 0 radical (unpaired) electrons. The lowest BCUT2D eigenvalue weighted by atomic mass is 10.0. The molecule has 1 aromatic heterocycles.